The number of amides is 2. The van der Waals surface area contributed by atoms with Crippen molar-refractivity contribution in [1.82, 2.24) is 4.98 Å². The molecule has 3 N–H and O–H groups in total. The number of pyridine rings is 1. The maximum Gasteiger partial charge on any atom is 0.255 e. The third-order valence-corrected chi connectivity index (χ3v) is 4.28. The van der Waals surface area contributed by atoms with E-state index in [9.17, 15) is 19.2 Å². The third kappa shape index (κ3) is 4.59. The Morgan fingerprint density at radius 3 is 2.57 bits per heavy atom. The fourth-order valence-electron chi connectivity index (χ4n) is 2.93. The van der Waals surface area contributed by atoms with Crippen LogP contribution in [0.3, 0.4) is 0 Å². The fraction of sp³-hybridized carbons (Fsp3) is 0.0909. The smallest absolute Gasteiger partial charge is 0.255 e. The number of hydrogen-bond donors (Lipinski definition) is 2. The van der Waals surface area contributed by atoms with Crippen LogP contribution in [-0.4, -0.2) is 23.9 Å². The average Bonchev–Trinajstić information content (AvgIpc) is 2.73. The van der Waals surface area contributed by atoms with Crippen molar-refractivity contribution >= 4 is 17.5 Å². The van der Waals surface area contributed by atoms with Gasteiger partial charge in [0.2, 0.25) is 11.8 Å². The van der Waals surface area contributed by atoms with E-state index in [1.807, 2.05) is 6.07 Å². The number of nitrogens with two attached hydrogens (primary N) is 1. The van der Waals surface area contributed by atoms with Gasteiger partial charge >= 0.3 is 0 Å². The number of carbonyl (C=O) groups excluding carboxylic acids is 2. The highest BCUT2D eigenvalue weighted by Gasteiger charge is 2.16. The minimum Gasteiger partial charge on any atom is -0.480 e. The summed E-state index contributed by atoms with van der Waals surface area (Å²) in [5.74, 6) is -1.50. The molecule has 0 fully saturated rings. The minimum atomic E-state index is -0.630. The molecule has 150 valence electrons. The number of carbonyl (C=O) groups is 2. The van der Waals surface area contributed by atoms with Crippen molar-refractivity contribution in [1.29, 1.82) is 5.26 Å². The monoisotopic (exact) mass is 404 g/mol. The molecule has 0 bridgehead atoms. The summed E-state index contributed by atoms with van der Waals surface area (Å²) in [4.78, 5) is 27.6. The number of nitrogens with one attached hydrogen (secondary N) is 1. The first-order chi connectivity index (χ1) is 14.4. The largest absolute Gasteiger partial charge is 0.480 e. The predicted molar refractivity (Wildman–Crippen MR) is 108 cm³/mol. The van der Waals surface area contributed by atoms with Crippen LogP contribution in [-0.2, 0) is 11.2 Å². The van der Waals surface area contributed by atoms with Crippen LogP contribution in [0.2, 0.25) is 0 Å². The van der Waals surface area contributed by atoms with Gasteiger partial charge < -0.3 is 15.8 Å². The normalized spacial score (nSPS) is 10.2. The summed E-state index contributed by atoms with van der Waals surface area (Å²) >= 11 is 0. The van der Waals surface area contributed by atoms with Gasteiger partial charge in [0.25, 0.3) is 5.91 Å². The van der Waals surface area contributed by atoms with Crippen molar-refractivity contribution in [2.75, 3.05) is 12.4 Å². The van der Waals surface area contributed by atoms with Crippen LogP contribution < -0.4 is 15.8 Å². The minimum absolute atomic E-state index is 0.0749. The summed E-state index contributed by atoms with van der Waals surface area (Å²) in [5.41, 5.74) is 7.30. The van der Waals surface area contributed by atoms with Gasteiger partial charge in [-0.1, -0.05) is 12.1 Å². The summed E-state index contributed by atoms with van der Waals surface area (Å²) in [6.07, 6.45) is 1.53. The Hall–Kier alpha value is -4.25. The molecule has 0 saturated heterocycles. The molecular formula is C22H17FN4O3. The van der Waals surface area contributed by atoms with Gasteiger partial charge in [0.1, 0.15) is 17.4 Å². The second kappa shape index (κ2) is 8.84. The van der Waals surface area contributed by atoms with Crippen molar-refractivity contribution in [2.45, 2.75) is 6.42 Å². The van der Waals surface area contributed by atoms with E-state index in [0.29, 0.717) is 22.4 Å². The molecule has 2 amide bonds. The Morgan fingerprint density at radius 1 is 1.20 bits per heavy atom. The number of rotatable bonds is 6. The van der Waals surface area contributed by atoms with Crippen LogP contribution in [0.1, 0.15) is 21.5 Å². The van der Waals surface area contributed by atoms with Crippen LogP contribution >= 0.6 is 0 Å². The topological polar surface area (TPSA) is 118 Å². The zero-order valence-corrected chi connectivity index (χ0v) is 16.0. The number of anilines is 1. The van der Waals surface area contributed by atoms with Gasteiger partial charge in [0.05, 0.1) is 13.5 Å². The van der Waals surface area contributed by atoms with E-state index in [4.69, 9.17) is 10.5 Å². The molecule has 0 radical (unpaired) electrons. The van der Waals surface area contributed by atoms with Gasteiger partial charge in [0, 0.05) is 23.0 Å². The number of ether oxygens (including phenoxy) is 1. The fourth-order valence-corrected chi connectivity index (χ4v) is 2.93. The number of aromatic nitrogens is 1. The molecule has 7 nitrogen and oxygen atoms in total. The lowest BCUT2D eigenvalue weighted by Crippen LogP contribution is -2.14. The SMILES string of the molecule is COc1nccc(-c2cc(F)cc(C(=O)Nc3ccc(CC(N)=O)cc3)c2)c1C#N. The van der Waals surface area contributed by atoms with Crippen LogP contribution in [0.25, 0.3) is 11.1 Å². The van der Waals surface area contributed by atoms with E-state index in [-0.39, 0.29) is 23.4 Å². The molecule has 0 spiro atoms. The van der Waals surface area contributed by atoms with Crippen molar-refractivity contribution in [3.63, 3.8) is 0 Å². The van der Waals surface area contributed by atoms with E-state index in [0.717, 1.165) is 6.07 Å². The lowest BCUT2D eigenvalue weighted by molar-refractivity contribution is -0.117. The summed E-state index contributed by atoms with van der Waals surface area (Å²) in [6.45, 7) is 0. The van der Waals surface area contributed by atoms with Gasteiger partial charge in [-0.3, -0.25) is 9.59 Å². The van der Waals surface area contributed by atoms with Crippen molar-refractivity contribution < 1.29 is 18.7 Å². The van der Waals surface area contributed by atoms with Gasteiger partial charge in [-0.15, -0.1) is 0 Å². The van der Waals surface area contributed by atoms with E-state index in [2.05, 4.69) is 10.3 Å². The maximum absolute atomic E-state index is 14.3. The first-order valence-electron chi connectivity index (χ1n) is 8.84. The van der Waals surface area contributed by atoms with Crippen LogP contribution in [0, 0.1) is 17.1 Å². The van der Waals surface area contributed by atoms with Crippen molar-refractivity contribution in [3.8, 4) is 23.1 Å². The molecule has 0 aliphatic carbocycles. The first kappa shape index (κ1) is 20.5. The Morgan fingerprint density at radius 2 is 1.93 bits per heavy atom. The number of halogens is 1. The molecular weight excluding hydrogens is 387 g/mol. The number of hydrogen-bond acceptors (Lipinski definition) is 5. The van der Waals surface area contributed by atoms with Crippen molar-refractivity contribution in [2.24, 2.45) is 5.73 Å². The average molecular weight is 404 g/mol. The first-order valence-corrected chi connectivity index (χ1v) is 8.84. The molecule has 2 aromatic carbocycles. The molecule has 3 rings (SSSR count). The highest BCUT2D eigenvalue weighted by molar-refractivity contribution is 6.05. The molecule has 0 aliphatic heterocycles. The molecule has 1 heterocycles. The predicted octanol–water partition coefficient (Wildman–Crippen LogP) is 3.05. The number of nitriles is 1. The summed E-state index contributed by atoms with van der Waals surface area (Å²) < 4.78 is 19.3. The Labute approximate surface area is 171 Å². The lowest BCUT2D eigenvalue weighted by atomic mass is 9.99. The third-order valence-electron chi connectivity index (χ3n) is 4.28. The van der Waals surface area contributed by atoms with Gasteiger partial charge in [-0.2, -0.15) is 5.26 Å². The zero-order chi connectivity index (χ0) is 21.7. The summed E-state index contributed by atoms with van der Waals surface area (Å²) in [5, 5.41) is 12.1. The Kier molecular flexibility index (Phi) is 6.03. The molecule has 30 heavy (non-hydrogen) atoms. The van der Waals surface area contributed by atoms with Crippen LogP contribution in [0.4, 0.5) is 10.1 Å². The number of primary amides is 1. The Balaban J connectivity index is 1.90. The van der Waals surface area contributed by atoms with E-state index >= 15 is 0 Å². The number of benzene rings is 2. The van der Waals surface area contributed by atoms with E-state index in [1.165, 1.54) is 25.4 Å². The van der Waals surface area contributed by atoms with Gasteiger partial charge in [0.15, 0.2) is 0 Å². The molecule has 0 atom stereocenters. The summed E-state index contributed by atoms with van der Waals surface area (Å²) in [7, 11) is 1.38. The van der Waals surface area contributed by atoms with E-state index in [1.54, 1.807) is 30.3 Å². The van der Waals surface area contributed by atoms with Gasteiger partial charge in [-0.25, -0.2) is 9.37 Å². The Bertz CT molecular complexity index is 1150. The second-order valence-electron chi connectivity index (χ2n) is 6.38. The lowest BCUT2D eigenvalue weighted by Gasteiger charge is -2.11. The second-order valence-corrected chi connectivity index (χ2v) is 6.38. The van der Waals surface area contributed by atoms with E-state index < -0.39 is 17.6 Å². The molecule has 1 aromatic heterocycles. The molecule has 0 unspecified atom stereocenters. The van der Waals surface area contributed by atoms with Gasteiger partial charge in [-0.05, 0) is 47.5 Å². The molecule has 3 aromatic rings. The number of methoxy groups -OCH3 is 1. The van der Waals surface area contributed by atoms with Crippen LogP contribution in [0.5, 0.6) is 5.88 Å². The highest BCUT2D eigenvalue weighted by Crippen LogP contribution is 2.29. The molecule has 8 heteroatoms. The maximum atomic E-state index is 14.3. The molecule has 0 saturated carbocycles. The standard InChI is InChI=1S/C22H17FN4O3/c1-30-22-19(12-24)18(6-7-26-22)14-9-15(11-16(23)10-14)21(29)27-17-4-2-13(3-5-17)8-20(25)28/h2-7,9-11H,8H2,1H3,(H2,25,28)(H,27,29). The summed E-state index contributed by atoms with van der Waals surface area (Å²) in [6, 6.07) is 13.9. The molecule has 0 aliphatic rings. The highest BCUT2D eigenvalue weighted by atomic mass is 19.1. The van der Waals surface area contributed by atoms with Crippen molar-refractivity contribution in [3.05, 3.63) is 77.2 Å². The zero-order valence-electron chi connectivity index (χ0n) is 16.0. The quantitative estimate of drug-likeness (QED) is 0.655. The number of nitrogens with zero attached hydrogens (tertiary/aromatic N) is 2. The van der Waals surface area contributed by atoms with Crippen LogP contribution in [0.15, 0.2) is 54.7 Å².